The minimum Gasteiger partial charge on any atom is -0.389 e. The normalized spacial score (nSPS) is 31.9. The van der Waals surface area contributed by atoms with E-state index in [0.29, 0.717) is 0 Å². The molecule has 1 aliphatic rings. The van der Waals surface area contributed by atoms with Gasteiger partial charge in [-0.3, -0.25) is 0 Å². The van der Waals surface area contributed by atoms with Crippen LogP contribution < -0.4 is 5.32 Å². The second-order valence-electron chi connectivity index (χ2n) is 4.19. The first-order valence-electron chi connectivity index (χ1n) is 6.09. The Hall–Kier alpha value is -0.0800. The fourth-order valence-electron chi connectivity index (χ4n) is 1.83. The van der Waals surface area contributed by atoms with E-state index in [0.717, 1.165) is 31.8 Å². The summed E-state index contributed by atoms with van der Waals surface area (Å²) < 4.78 is 0. The van der Waals surface area contributed by atoms with Crippen LogP contribution in [0, 0.1) is 5.92 Å². The van der Waals surface area contributed by atoms with Crippen LogP contribution in [0.4, 0.5) is 0 Å². The van der Waals surface area contributed by atoms with Crippen LogP contribution in [0.15, 0.2) is 0 Å². The highest BCUT2D eigenvalue weighted by Crippen LogP contribution is 2.31. The van der Waals surface area contributed by atoms with Crippen molar-refractivity contribution in [2.45, 2.75) is 59.0 Å². The number of likely N-dealkylation sites (N-methyl/N-ethyl adjacent to an activating group) is 1. The van der Waals surface area contributed by atoms with Crippen LogP contribution in [0.25, 0.3) is 0 Å². The minimum absolute atomic E-state index is 0.400. The number of nitrogens with one attached hydrogen (secondary N) is 1. The summed E-state index contributed by atoms with van der Waals surface area (Å²) in [7, 11) is 0. The Morgan fingerprint density at radius 1 is 1.29 bits per heavy atom. The van der Waals surface area contributed by atoms with Crippen molar-refractivity contribution in [2.75, 3.05) is 13.1 Å². The Kier molecular flexibility index (Phi) is 7.20. The molecule has 0 aromatic carbocycles. The predicted octanol–water partition coefficient (Wildman–Crippen LogP) is 2.56. The Morgan fingerprint density at radius 2 is 1.79 bits per heavy atom. The lowest BCUT2D eigenvalue weighted by Crippen LogP contribution is -2.43. The van der Waals surface area contributed by atoms with Crippen molar-refractivity contribution in [3.63, 3.8) is 0 Å². The van der Waals surface area contributed by atoms with Gasteiger partial charge in [0.05, 0.1) is 5.60 Å². The van der Waals surface area contributed by atoms with E-state index in [1.807, 2.05) is 13.8 Å². The van der Waals surface area contributed by atoms with Crippen molar-refractivity contribution >= 4 is 0 Å². The zero-order chi connectivity index (χ0) is 11.0. The standard InChI is InChI=1S/C10H21NO.C2H6/c1-3-11-8-10(12)6-4-9(2)5-7-10;1-2/h9,11-12H,3-8H2,1-2H3;1-2H3. The Morgan fingerprint density at radius 3 is 2.21 bits per heavy atom. The van der Waals surface area contributed by atoms with Crippen LogP contribution in [0.2, 0.25) is 0 Å². The third kappa shape index (κ3) is 4.97. The first-order chi connectivity index (χ1) is 6.66. The first kappa shape index (κ1) is 13.9. The number of hydrogen-bond acceptors (Lipinski definition) is 2. The molecule has 1 aliphatic carbocycles. The van der Waals surface area contributed by atoms with E-state index in [1.165, 1.54) is 12.8 Å². The van der Waals surface area contributed by atoms with E-state index in [9.17, 15) is 5.11 Å². The van der Waals surface area contributed by atoms with Crippen molar-refractivity contribution in [3.05, 3.63) is 0 Å². The molecule has 0 aliphatic heterocycles. The lowest BCUT2D eigenvalue weighted by Gasteiger charge is -2.34. The molecule has 0 heterocycles. The summed E-state index contributed by atoms with van der Waals surface area (Å²) in [6.45, 7) is 10.1. The van der Waals surface area contributed by atoms with Gasteiger partial charge in [0.1, 0.15) is 0 Å². The van der Waals surface area contributed by atoms with Crippen LogP contribution in [0.5, 0.6) is 0 Å². The molecule has 0 radical (unpaired) electrons. The predicted molar refractivity (Wildman–Crippen MR) is 62.5 cm³/mol. The van der Waals surface area contributed by atoms with E-state index in [-0.39, 0.29) is 0 Å². The fourth-order valence-corrected chi connectivity index (χ4v) is 1.83. The van der Waals surface area contributed by atoms with Gasteiger partial charge in [0.2, 0.25) is 0 Å². The molecule has 2 heteroatoms. The molecule has 0 unspecified atom stereocenters. The van der Waals surface area contributed by atoms with Gasteiger partial charge < -0.3 is 10.4 Å². The summed E-state index contributed by atoms with van der Waals surface area (Å²) in [6, 6.07) is 0. The van der Waals surface area contributed by atoms with E-state index >= 15 is 0 Å². The third-order valence-electron chi connectivity index (χ3n) is 2.91. The second kappa shape index (κ2) is 7.24. The third-order valence-corrected chi connectivity index (χ3v) is 2.91. The molecule has 0 aromatic heterocycles. The average Bonchev–Trinajstić information content (AvgIpc) is 2.23. The van der Waals surface area contributed by atoms with Crippen LogP contribution >= 0.6 is 0 Å². The van der Waals surface area contributed by atoms with Gasteiger partial charge in [-0.05, 0) is 38.1 Å². The Bertz CT molecular complexity index is 123. The first-order valence-corrected chi connectivity index (χ1v) is 6.09. The smallest absolute Gasteiger partial charge is 0.0771 e. The molecule has 0 bridgehead atoms. The maximum absolute atomic E-state index is 10.1. The summed E-state index contributed by atoms with van der Waals surface area (Å²) in [5, 5.41) is 13.3. The maximum atomic E-state index is 10.1. The van der Waals surface area contributed by atoms with Crippen molar-refractivity contribution in [1.29, 1.82) is 0 Å². The number of aliphatic hydroxyl groups is 1. The van der Waals surface area contributed by atoms with Crippen LogP contribution in [-0.4, -0.2) is 23.8 Å². The topological polar surface area (TPSA) is 32.3 Å². The van der Waals surface area contributed by atoms with E-state index in [4.69, 9.17) is 0 Å². The molecule has 2 N–H and O–H groups in total. The summed E-state index contributed by atoms with van der Waals surface area (Å²) >= 11 is 0. The molecule has 0 saturated heterocycles. The molecule has 1 saturated carbocycles. The van der Waals surface area contributed by atoms with Gasteiger partial charge in [0, 0.05) is 6.54 Å². The van der Waals surface area contributed by atoms with Crippen LogP contribution in [0.1, 0.15) is 53.4 Å². The van der Waals surface area contributed by atoms with Crippen LogP contribution in [0.3, 0.4) is 0 Å². The zero-order valence-electron chi connectivity index (χ0n) is 10.3. The van der Waals surface area contributed by atoms with E-state index < -0.39 is 5.60 Å². The van der Waals surface area contributed by atoms with E-state index in [1.54, 1.807) is 0 Å². The molecule has 1 rings (SSSR count). The Labute approximate surface area is 89.1 Å². The average molecular weight is 201 g/mol. The molecule has 2 nitrogen and oxygen atoms in total. The quantitative estimate of drug-likeness (QED) is 0.735. The highest BCUT2D eigenvalue weighted by molar-refractivity contribution is 4.85. The highest BCUT2D eigenvalue weighted by Gasteiger charge is 2.30. The van der Waals surface area contributed by atoms with Crippen molar-refractivity contribution in [2.24, 2.45) is 5.92 Å². The van der Waals surface area contributed by atoms with Crippen LogP contribution in [-0.2, 0) is 0 Å². The SMILES string of the molecule is CC.CCNCC1(O)CCC(C)CC1. The molecule has 14 heavy (non-hydrogen) atoms. The Balaban J connectivity index is 0.000000791. The van der Waals surface area contributed by atoms with Gasteiger partial charge >= 0.3 is 0 Å². The summed E-state index contributed by atoms with van der Waals surface area (Å²) in [5.74, 6) is 0.812. The largest absolute Gasteiger partial charge is 0.389 e. The summed E-state index contributed by atoms with van der Waals surface area (Å²) in [6.07, 6.45) is 4.31. The van der Waals surface area contributed by atoms with Crippen molar-refractivity contribution in [3.8, 4) is 0 Å². The lowest BCUT2D eigenvalue weighted by molar-refractivity contribution is -0.00562. The molecule has 1 fully saturated rings. The molecule has 0 spiro atoms. The van der Waals surface area contributed by atoms with Gasteiger partial charge in [-0.2, -0.15) is 0 Å². The molecule has 0 atom stereocenters. The molecule has 86 valence electrons. The molecular weight excluding hydrogens is 174 g/mol. The van der Waals surface area contributed by atoms with Gasteiger partial charge in [0.25, 0.3) is 0 Å². The number of rotatable bonds is 3. The number of hydrogen-bond donors (Lipinski definition) is 2. The van der Waals surface area contributed by atoms with Crippen molar-refractivity contribution in [1.82, 2.24) is 5.32 Å². The molecular formula is C12H27NO. The lowest BCUT2D eigenvalue weighted by atomic mass is 9.79. The highest BCUT2D eigenvalue weighted by atomic mass is 16.3. The fraction of sp³-hybridized carbons (Fsp3) is 1.00. The summed E-state index contributed by atoms with van der Waals surface area (Å²) in [5.41, 5.74) is -0.400. The zero-order valence-corrected chi connectivity index (χ0v) is 10.3. The second-order valence-corrected chi connectivity index (χ2v) is 4.19. The minimum atomic E-state index is -0.400. The maximum Gasteiger partial charge on any atom is 0.0771 e. The monoisotopic (exact) mass is 201 g/mol. The summed E-state index contributed by atoms with van der Waals surface area (Å²) in [4.78, 5) is 0. The van der Waals surface area contributed by atoms with Gasteiger partial charge in [-0.25, -0.2) is 0 Å². The molecule has 0 amide bonds. The molecule has 0 aromatic rings. The van der Waals surface area contributed by atoms with Gasteiger partial charge in [0.15, 0.2) is 0 Å². The van der Waals surface area contributed by atoms with Gasteiger partial charge in [-0.1, -0.05) is 27.7 Å². The van der Waals surface area contributed by atoms with E-state index in [2.05, 4.69) is 19.2 Å². The van der Waals surface area contributed by atoms with Gasteiger partial charge in [-0.15, -0.1) is 0 Å². The van der Waals surface area contributed by atoms with Crippen molar-refractivity contribution < 1.29 is 5.11 Å².